The van der Waals surface area contributed by atoms with Gasteiger partial charge in [0, 0.05) is 30.5 Å². The van der Waals surface area contributed by atoms with Gasteiger partial charge < -0.3 is 9.64 Å². The van der Waals surface area contributed by atoms with Crippen molar-refractivity contribution in [1.82, 2.24) is 14.7 Å². The van der Waals surface area contributed by atoms with Gasteiger partial charge in [0.1, 0.15) is 5.37 Å². The Morgan fingerprint density at radius 3 is 2.55 bits per heavy atom. The molecule has 0 spiro atoms. The second-order valence-corrected chi connectivity index (χ2v) is 8.49. The van der Waals surface area contributed by atoms with E-state index in [0.29, 0.717) is 12.3 Å². The highest BCUT2D eigenvalue weighted by molar-refractivity contribution is 8.00. The summed E-state index contributed by atoms with van der Waals surface area (Å²) >= 11 is 1.68. The third-order valence-corrected chi connectivity index (χ3v) is 6.71. The Morgan fingerprint density at radius 2 is 1.83 bits per heavy atom. The zero-order valence-corrected chi connectivity index (χ0v) is 16.9. The van der Waals surface area contributed by atoms with E-state index in [0.717, 1.165) is 42.0 Å². The van der Waals surface area contributed by atoms with E-state index in [1.54, 1.807) is 11.8 Å². The molecule has 0 saturated carbocycles. The molecule has 0 bridgehead atoms. The van der Waals surface area contributed by atoms with Gasteiger partial charge in [-0.15, -0.1) is 11.8 Å². The first-order valence-corrected chi connectivity index (χ1v) is 11.1. The summed E-state index contributed by atoms with van der Waals surface area (Å²) in [6.07, 6.45) is 4.32. The lowest BCUT2D eigenvalue weighted by molar-refractivity contribution is -0.129. The van der Waals surface area contributed by atoms with Crippen LogP contribution in [-0.2, 0) is 9.53 Å². The fourth-order valence-electron chi connectivity index (χ4n) is 4.02. The van der Waals surface area contributed by atoms with Crippen molar-refractivity contribution in [2.45, 2.75) is 24.3 Å². The summed E-state index contributed by atoms with van der Waals surface area (Å²) in [7, 11) is 0. The predicted molar refractivity (Wildman–Crippen MR) is 115 cm³/mol. The summed E-state index contributed by atoms with van der Waals surface area (Å²) in [5, 5.41) is 4.88. The molecule has 1 amide bonds. The topological polar surface area (TPSA) is 47.4 Å². The number of amides is 1. The maximum Gasteiger partial charge on any atom is 0.233 e. The van der Waals surface area contributed by atoms with Crippen LogP contribution in [0.4, 0.5) is 0 Å². The summed E-state index contributed by atoms with van der Waals surface area (Å²) in [6, 6.07) is 20.3. The highest BCUT2D eigenvalue weighted by atomic mass is 32.2. The van der Waals surface area contributed by atoms with Gasteiger partial charge in [0.15, 0.2) is 0 Å². The van der Waals surface area contributed by atoms with Gasteiger partial charge in [-0.05, 0) is 25.0 Å². The minimum Gasteiger partial charge on any atom is -0.376 e. The van der Waals surface area contributed by atoms with Crippen molar-refractivity contribution < 1.29 is 9.53 Å². The summed E-state index contributed by atoms with van der Waals surface area (Å²) in [5.41, 5.74) is 4.08. The number of aromatic nitrogens is 2. The second-order valence-electron chi connectivity index (χ2n) is 7.42. The van der Waals surface area contributed by atoms with Crippen molar-refractivity contribution in [3.63, 3.8) is 0 Å². The third kappa shape index (κ3) is 3.70. The van der Waals surface area contributed by atoms with Crippen LogP contribution < -0.4 is 0 Å². The number of carbonyl (C=O) groups excluding carboxylic acids is 1. The number of hydrogen-bond acceptors (Lipinski definition) is 4. The first-order valence-electron chi connectivity index (χ1n) is 10.0. The average molecular weight is 406 g/mol. The van der Waals surface area contributed by atoms with Crippen molar-refractivity contribution in [3.8, 4) is 16.9 Å². The number of hydrogen-bond donors (Lipinski definition) is 0. The molecule has 5 rings (SSSR count). The van der Waals surface area contributed by atoms with Gasteiger partial charge in [-0.1, -0.05) is 48.5 Å². The SMILES string of the molecule is O=C1CS[C@H](c2cn(-c3ccccc3)nc2-c2ccccc2)N1C[C@H]1CCCO1. The lowest BCUT2D eigenvalue weighted by Crippen LogP contribution is -2.35. The van der Waals surface area contributed by atoms with E-state index < -0.39 is 0 Å². The van der Waals surface area contributed by atoms with Crippen molar-refractivity contribution in [2.75, 3.05) is 18.9 Å². The molecule has 3 aromatic rings. The predicted octanol–water partition coefficient (Wildman–Crippen LogP) is 4.29. The molecular formula is C23H23N3O2S. The zero-order valence-electron chi connectivity index (χ0n) is 16.1. The Kier molecular flexibility index (Phi) is 5.12. The number of para-hydroxylation sites is 1. The molecule has 6 heteroatoms. The fourth-order valence-corrected chi connectivity index (χ4v) is 5.22. The molecule has 2 atom stereocenters. The number of nitrogens with zero attached hydrogens (tertiary/aromatic N) is 3. The molecule has 0 aliphatic carbocycles. The molecule has 2 saturated heterocycles. The molecule has 29 heavy (non-hydrogen) atoms. The Morgan fingerprint density at radius 1 is 1.07 bits per heavy atom. The molecule has 3 heterocycles. The molecule has 0 N–H and O–H groups in total. The first-order chi connectivity index (χ1) is 14.3. The average Bonchev–Trinajstić information content (AvgIpc) is 3.51. The molecular weight excluding hydrogens is 382 g/mol. The van der Waals surface area contributed by atoms with Crippen LogP contribution >= 0.6 is 11.8 Å². The molecule has 148 valence electrons. The number of benzene rings is 2. The number of carbonyl (C=O) groups is 1. The molecule has 2 aliphatic heterocycles. The van der Waals surface area contributed by atoms with Crippen molar-refractivity contribution in [2.24, 2.45) is 0 Å². The van der Waals surface area contributed by atoms with E-state index in [2.05, 4.69) is 18.3 Å². The monoisotopic (exact) mass is 405 g/mol. The second kappa shape index (κ2) is 8.05. The molecule has 2 aromatic carbocycles. The van der Waals surface area contributed by atoms with Crippen LogP contribution in [0, 0.1) is 0 Å². The van der Waals surface area contributed by atoms with Crippen molar-refractivity contribution in [3.05, 3.63) is 72.4 Å². The fraction of sp³-hybridized carbons (Fsp3) is 0.304. The minimum atomic E-state index is -0.0423. The summed E-state index contributed by atoms with van der Waals surface area (Å²) < 4.78 is 7.73. The Labute approximate surface area is 174 Å². The highest BCUT2D eigenvalue weighted by Gasteiger charge is 2.37. The maximum atomic E-state index is 12.7. The van der Waals surface area contributed by atoms with E-state index in [1.165, 1.54) is 0 Å². The Hall–Kier alpha value is -2.57. The van der Waals surface area contributed by atoms with E-state index in [9.17, 15) is 4.79 Å². The Bertz CT molecular complexity index is 984. The van der Waals surface area contributed by atoms with Gasteiger partial charge in [-0.2, -0.15) is 5.10 Å². The quantitative estimate of drug-likeness (QED) is 0.635. The van der Waals surface area contributed by atoms with Gasteiger partial charge in [-0.25, -0.2) is 4.68 Å². The van der Waals surface area contributed by atoms with Crippen LogP contribution in [0.3, 0.4) is 0 Å². The lowest BCUT2D eigenvalue weighted by Gasteiger charge is -2.26. The van der Waals surface area contributed by atoms with Crippen LogP contribution in [0.25, 0.3) is 16.9 Å². The largest absolute Gasteiger partial charge is 0.376 e. The van der Waals surface area contributed by atoms with Gasteiger partial charge in [0.25, 0.3) is 0 Å². The summed E-state index contributed by atoms with van der Waals surface area (Å²) in [4.78, 5) is 14.7. The smallest absolute Gasteiger partial charge is 0.233 e. The van der Waals surface area contributed by atoms with Crippen molar-refractivity contribution in [1.29, 1.82) is 0 Å². The van der Waals surface area contributed by atoms with Gasteiger partial charge >= 0.3 is 0 Å². The van der Waals surface area contributed by atoms with Crippen LogP contribution in [0.5, 0.6) is 0 Å². The van der Waals surface area contributed by atoms with Gasteiger partial charge in [0.05, 0.1) is 23.2 Å². The lowest BCUT2D eigenvalue weighted by atomic mass is 10.1. The first kappa shape index (κ1) is 18.5. The van der Waals surface area contributed by atoms with E-state index in [4.69, 9.17) is 9.84 Å². The van der Waals surface area contributed by atoms with Crippen LogP contribution in [0.2, 0.25) is 0 Å². The van der Waals surface area contributed by atoms with Crippen LogP contribution in [0.1, 0.15) is 23.8 Å². The maximum absolute atomic E-state index is 12.7. The van der Waals surface area contributed by atoms with E-state index >= 15 is 0 Å². The third-order valence-electron chi connectivity index (χ3n) is 5.47. The molecule has 2 aliphatic rings. The minimum absolute atomic E-state index is 0.0423. The molecule has 1 aromatic heterocycles. The normalized spacial score (nSPS) is 21.8. The van der Waals surface area contributed by atoms with E-state index in [1.807, 2.05) is 58.1 Å². The molecule has 2 fully saturated rings. The Balaban J connectivity index is 1.55. The number of rotatable bonds is 5. The summed E-state index contributed by atoms with van der Waals surface area (Å²) in [6.45, 7) is 1.45. The standard InChI is InChI=1S/C23H23N3O2S/c27-21-16-29-23(25(21)14-19-12-7-13-28-19)20-15-26(18-10-5-2-6-11-18)24-22(20)17-8-3-1-4-9-17/h1-6,8-11,15,19,23H,7,12-14,16H2/t19-,23-/m1/s1. The molecule has 5 nitrogen and oxygen atoms in total. The van der Waals surface area contributed by atoms with Gasteiger partial charge in [-0.3, -0.25) is 4.79 Å². The van der Waals surface area contributed by atoms with Gasteiger partial charge in [0.2, 0.25) is 5.91 Å². The van der Waals surface area contributed by atoms with E-state index in [-0.39, 0.29) is 17.4 Å². The number of ether oxygens (including phenoxy) is 1. The summed E-state index contributed by atoms with van der Waals surface area (Å²) in [5.74, 6) is 0.684. The highest BCUT2D eigenvalue weighted by Crippen LogP contribution is 2.43. The van der Waals surface area contributed by atoms with Crippen LogP contribution in [0.15, 0.2) is 66.9 Å². The number of thioether (sulfide) groups is 1. The molecule has 0 unspecified atom stereocenters. The van der Waals surface area contributed by atoms with Crippen LogP contribution in [-0.4, -0.2) is 45.6 Å². The zero-order chi connectivity index (χ0) is 19.6. The molecule has 0 radical (unpaired) electrons. The van der Waals surface area contributed by atoms with Crippen molar-refractivity contribution >= 4 is 17.7 Å².